The maximum absolute atomic E-state index is 5.15. The van der Waals surface area contributed by atoms with E-state index in [4.69, 9.17) is 4.98 Å². The zero-order chi connectivity index (χ0) is 16.2. The van der Waals surface area contributed by atoms with Crippen molar-refractivity contribution in [3.63, 3.8) is 0 Å². The molecule has 1 nitrogen and oxygen atoms in total. The van der Waals surface area contributed by atoms with Crippen molar-refractivity contribution >= 4 is 21.7 Å². The summed E-state index contributed by atoms with van der Waals surface area (Å²) in [7, 11) is 0. The monoisotopic (exact) mass is 305 g/mol. The number of hydrogen-bond acceptors (Lipinski definition) is 1. The van der Waals surface area contributed by atoms with Crippen LogP contribution in [0.3, 0.4) is 0 Å². The Morgan fingerprint density at radius 1 is 0.696 bits per heavy atom. The Bertz CT molecular complexity index is 817. The molecule has 0 saturated carbocycles. The van der Waals surface area contributed by atoms with Crippen LogP contribution in [0.5, 0.6) is 0 Å². The molecule has 0 aliphatic heterocycles. The molecule has 0 N–H and O–H groups in total. The van der Waals surface area contributed by atoms with Gasteiger partial charge in [0.25, 0.3) is 0 Å². The van der Waals surface area contributed by atoms with E-state index in [0.717, 1.165) is 25.7 Å². The molecule has 1 aromatic heterocycles. The molecule has 120 valence electrons. The molecule has 0 fully saturated rings. The summed E-state index contributed by atoms with van der Waals surface area (Å²) in [6.07, 6.45) is 6.93. The van der Waals surface area contributed by atoms with Crippen LogP contribution in [-0.2, 0) is 19.3 Å². The molecule has 0 amide bonds. The number of aromatic nitrogens is 1. The zero-order valence-corrected chi connectivity index (χ0v) is 14.7. The van der Waals surface area contributed by atoms with E-state index in [2.05, 4.69) is 57.2 Å². The molecule has 0 bridgehead atoms. The minimum Gasteiger partial charge on any atom is -0.252 e. The topological polar surface area (TPSA) is 12.9 Å². The van der Waals surface area contributed by atoms with Gasteiger partial charge in [-0.15, -0.1) is 0 Å². The highest BCUT2D eigenvalue weighted by Crippen LogP contribution is 2.31. The first kappa shape index (κ1) is 16.0. The summed E-state index contributed by atoms with van der Waals surface area (Å²) < 4.78 is 0. The lowest BCUT2D eigenvalue weighted by Gasteiger charge is -2.17. The normalized spacial score (nSPS) is 11.4. The molecule has 23 heavy (non-hydrogen) atoms. The molecular formula is C22H27N. The van der Waals surface area contributed by atoms with Gasteiger partial charge in [0.15, 0.2) is 0 Å². The molecule has 0 saturated heterocycles. The SMILES string of the molecule is CCCc1nc2c(ccc3ccccc32)c(CCC)c1CCC. The fourth-order valence-corrected chi connectivity index (χ4v) is 3.68. The fourth-order valence-electron chi connectivity index (χ4n) is 3.68. The van der Waals surface area contributed by atoms with Crippen LogP contribution in [0.4, 0.5) is 0 Å². The van der Waals surface area contributed by atoms with Crippen molar-refractivity contribution < 1.29 is 0 Å². The Hall–Kier alpha value is -1.89. The second-order valence-corrected chi connectivity index (χ2v) is 6.45. The highest BCUT2D eigenvalue weighted by molar-refractivity contribution is 6.06. The first-order valence-electron chi connectivity index (χ1n) is 9.12. The first-order chi connectivity index (χ1) is 11.3. The van der Waals surface area contributed by atoms with Gasteiger partial charge in [-0.3, -0.25) is 4.98 Å². The van der Waals surface area contributed by atoms with Crippen LogP contribution < -0.4 is 0 Å². The van der Waals surface area contributed by atoms with Crippen molar-refractivity contribution in [2.75, 3.05) is 0 Å². The Morgan fingerprint density at radius 3 is 2.13 bits per heavy atom. The average Bonchev–Trinajstić information content (AvgIpc) is 2.58. The van der Waals surface area contributed by atoms with Crippen LogP contribution in [0, 0.1) is 0 Å². The largest absolute Gasteiger partial charge is 0.252 e. The van der Waals surface area contributed by atoms with Crippen LogP contribution in [0.15, 0.2) is 36.4 Å². The standard InChI is InChI=1S/C22H27N/c1-4-9-18-19(10-5-2)21(11-6-3)23-22-17-13-8-7-12-16(17)14-15-20(18)22/h7-8,12-15H,4-6,9-11H2,1-3H3. The van der Waals surface area contributed by atoms with Crippen molar-refractivity contribution in [3.8, 4) is 0 Å². The summed E-state index contributed by atoms with van der Waals surface area (Å²) in [5.74, 6) is 0. The summed E-state index contributed by atoms with van der Waals surface area (Å²) in [6.45, 7) is 6.81. The maximum Gasteiger partial charge on any atom is 0.0786 e. The third-order valence-electron chi connectivity index (χ3n) is 4.67. The van der Waals surface area contributed by atoms with Gasteiger partial charge in [0.2, 0.25) is 0 Å². The second-order valence-electron chi connectivity index (χ2n) is 6.45. The molecule has 0 aliphatic rings. The summed E-state index contributed by atoms with van der Waals surface area (Å²) in [4.78, 5) is 5.15. The molecule has 0 aliphatic carbocycles. The number of hydrogen-bond donors (Lipinski definition) is 0. The van der Waals surface area contributed by atoms with E-state index in [1.165, 1.54) is 45.8 Å². The molecule has 0 spiro atoms. The van der Waals surface area contributed by atoms with E-state index < -0.39 is 0 Å². The van der Waals surface area contributed by atoms with Crippen molar-refractivity contribution in [1.82, 2.24) is 4.98 Å². The van der Waals surface area contributed by atoms with Gasteiger partial charge in [0.05, 0.1) is 5.52 Å². The Kier molecular flexibility index (Phi) is 4.95. The smallest absolute Gasteiger partial charge is 0.0786 e. The molecule has 3 rings (SSSR count). The quantitative estimate of drug-likeness (QED) is 0.491. The van der Waals surface area contributed by atoms with E-state index >= 15 is 0 Å². The highest BCUT2D eigenvalue weighted by Gasteiger charge is 2.15. The van der Waals surface area contributed by atoms with Gasteiger partial charge in [-0.1, -0.05) is 76.4 Å². The predicted molar refractivity (Wildman–Crippen MR) is 101 cm³/mol. The van der Waals surface area contributed by atoms with Crippen molar-refractivity contribution in [3.05, 3.63) is 53.2 Å². The predicted octanol–water partition coefficient (Wildman–Crippen LogP) is 6.25. The van der Waals surface area contributed by atoms with Gasteiger partial charge >= 0.3 is 0 Å². The van der Waals surface area contributed by atoms with Crippen LogP contribution in [0.2, 0.25) is 0 Å². The van der Waals surface area contributed by atoms with E-state index in [9.17, 15) is 0 Å². The number of pyridine rings is 1. The average molecular weight is 305 g/mol. The van der Waals surface area contributed by atoms with E-state index in [-0.39, 0.29) is 0 Å². The second kappa shape index (κ2) is 7.12. The molecule has 1 heterocycles. The molecular weight excluding hydrogens is 278 g/mol. The molecule has 0 atom stereocenters. The lowest BCUT2D eigenvalue weighted by atomic mass is 9.91. The Balaban J connectivity index is 2.38. The molecule has 3 aromatic rings. The number of nitrogens with zero attached hydrogens (tertiary/aromatic N) is 1. The van der Waals surface area contributed by atoms with E-state index in [0.29, 0.717) is 0 Å². The summed E-state index contributed by atoms with van der Waals surface area (Å²) in [5, 5.41) is 3.96. The minimum atomic E-state index is 1.09. The maximum atomic E-state index is 5.15. The first-order valence-corrected chi connectivity index (χ1v) is 9.12. The van der Waals surface area contributed by atoms with Gasteiger partial charge < -0.3 is 0 Å². The van der Waals surface area contributed by atoms with Gasteiger partial charge in [-0.05, 0) is 35.8 Å². The molecule has 0 unspecified atom stereocenters. The molecule has 2 aromatic carbocycles. The molecule has 0 radical (unpaired) electrons. The number of fused-ring (bicyclic) bond motifs is 3. The number of aryl methyl sites for hydroxylation is 2. The van der Waals surface area contributed by atoms with Crippen LogP contribution in [0.25, 0.3) is 21.7 Å². The third kappa shape index (κ3) is 2.97. The van der Waals surface area contributed by atoms with Crippen molar-refractivity contribution in [1.29, 1.82) is 0 Å². The van der Waals surface area contributed by atoms with Gasteiger partial charge in [-0.25, -0.2) is 0 Å². The van der Waals surface area contributed by atoms with Crippen molar-refractivity contribution in [2.45, 2.75) is 59.3 Å². The Morgan fingerprint density at radius 2 is 1.39 bits per heavy atom. The minimum absolute atomic E-state index is 1.09. The van der Waals surface area contributed by atoms with Crippen LogP contribution >= 0.6 is 0 Å². The lowest BCUT2D eigenvalue weighted by molar-refractivity contribution is 0.810. The Labute approximate surface area is 139 Å². The third-order valence-corrected chi connectivity index (χ3v) is 4.67. The van der Waals surface area contributed by atoms with Crippen molar-refractivity contribution in [2.24, 2.45) is 0 Å². The van der Waals surface area contributed by atoms with Gasteiger partial charge in [0.1, 0.15) is 0 Å². The summed E-state index contributed by atoms with van der Waals surface area (Å²) >= 11 is 0. The summed E-state index contributed by atoms with van der Waals surface area (Å²) in [5.41, 5.74) is 5.61. The summed E-state index contributed by atoms with van der Waals surface area (Å²) in [6, 6.07) is 13.2. The molecule has 1 heteroatoms. The highest BCUT2D eigenvalue weighted by atomic mass is 14.7. The van der Waals surface area contributed by atoms with E-state index in [1.54, 1.807) is 5.56 Å². The number of benzene rings is 2. The lowest BCUT2D eigenvalue weighted by Crippen LogP contribution is -2.05. The number of rotatable bonds is 6. The van der Waals surface area contributed by atoms with Crippen LogP contribution in [-0.4, -0.2) is 4.98 Å². The van der Waals surface area contributed by atoms with Gasteiger partial charge in [0, 0.05) is 16.5 Å². The zero-order valence-electron chi connectivity index (χ0n) is 14.7. The van der Waals surface area contributed by atoms with E-state index in [1.807, 2.05) is 0 Å². The fraction of sp³-hybridized carbons (Fsp3) is 0.409. The van der Waals surface area contributed by atoms with Gasteiger partial charge in [-0.2, -0.15) is 0 Å². The van der Waals surface area contributed by atoms with Crippen LogP contribution in [0.1, 0.15) is 56.9 Å².